The summed E-state index contributed by atoms with van der Waals surface area (Å²) in [6, 6.07) is 17.4. The molecule has 2 aromatic carbocycles. The van der Waals surface area contributed by atoms with Gasteiger partial charge in [0.15, 0.2) is 5.75 Å². The van der Waals surface area contributed by atoms with Crippen LogP contribution in [0.15, 0.2) is 67.0 Å². The number of nitrogens with one attached hydrogen (secondary N) is 2. The molecule has 1 aliphatic rings. The molecule has 4 rings (SSSR count). The Bertz CT molecular complexity index is 893. The van der Waals surface area contributed by atoms with Gasteiger partial charge in [0.1, 0.15) is 17.3 Å². The predicted molar refractivity (Wildman–Crippen MR) is 98.8 cm³/mol. The normalized spacial score (nSPS) is 13.1. The predicted octanol–water partition coefficient (Wildman–Crippen LogP) is 3.90. The van der Waals surface area contributed by atoms with E-state index in [2.05, 4.69) is 20.6 Å². The smallest absolute Gasteiger partial charge is 0.271 e. The van der Waals surface area contributed by atoms with Gasteiger partial charge in [0, 0.05) is 6.04 Å². The minimum absolute atomic E-state index is 0.181. The molecular formula is C20H18N4O2. The van der Waals surface area contributed by atoms with E-state index in [0.29, 0.717) is 23.3 Å². The highest BCUT2D eigenvalue weighted by molar-refractivity contribution is 5.92. The van der Waals surface area contributed by atoms with Gasteiger partial charge in [-0.25, -0.2) is 9.97 Å². The molecule has 6 heteroatoms. The SMILES string of the molecule is O=C(NC1CC1)c1cnc(Nc2ccccc2Oc2ccccc2)cn1. The second-order valence-electron chi connectivity index (χ2n) is 6.07. The average Bonchev–Trinajstić information content (AvgIpc) is 3.49. The first-order valence-corrected chi connectivity index (χ1v) is 8.50. The van der Waals surface area contributed by atoms with Gasteiger partial charge in [0.2, 0.25) is 0 Å². The van der Waals surface area contributed by atoms with E-state index in [1.165, 1.54) is 6.20 Å². The molecule has 1 amide bonds. The molecule has 1 aliphatic carbocycles. The molecule has 6 nitrogen and oxygen atoms in total. The van der Waals surface area contributed by atoms with Crippen LogP contribution in [0.3, 0.4) is 0 Å². The minimum Gasteiger partial charge on any atom is -0.455 e. The van der Waals surface area contributed by atoms with Gasteiger partial charge in [-0.1, -0.05) is 30.3 Å². The molecule has 26 heavy (non-hydrogen) atoms. The maximum Gasteiger partial charge on any atom is 0.271 e. The fourth-order valence-electron chi connectivity index (χ4n) is 2.41. The Hall–Kier alpha value is -3.41. The summed E-state index contributed by atoms with van der Waals surface area (Å²) >= 11 is 0. The Morgan fingerprint density at radius 1 is 0.962 bits per heavy atom. The highest BCUT2D eigenvalue weighted by Crippen LogP contribution is 2.30. The molecule has 1 heterocycles. The number of hydrogen-bond acceptors (Lipinski definition) is 5. The first-order valence-electron chi connectivity index (χ1n) is 8.50. The second-order valence-corrected chi connectivity index (χ2v) is 6.07. The maximum atomic E-state index is 12.0. The number of hydrogen-bond donors (Lipinski definition) is 2. The summed E-state index contributed by atoms with van der Waals surface area (Å²) in [7, 11) is 0. The van der Waals surface area contributed by atoms with E-state index < -0.39 is 0 Å². The molecule has 2 N–H and O–H groups in total. The number of anilines is 2. The van der Waals surface area contributed by atoms with Gasteiger partial charge < -0.3 is 15.4 Å². The van der Waals surface area contributed by atoms with Crippen LogP contribution in [-0.4, -0.2) is 21.9 Å². The summed E-state index contributed by atoms with van der Waals surface area (Å²) in [5.41, 5.74) is 1.08. The van der Waals surface area contributed by atoms with Crippen molar-refractivity contribution in [1.29, 1.82) is 0 Å². The molecule has 0 bridgehead atoms. The van der Waals surface area contributed by atoms with Gasteiger partial charge in [-0.3, -0.25) is 4.79 Å². The highest BCUT2D eigenvalue weighted by Gasteiger charge is 2.24. The van der Waals surface area contributed by atoms with Gasteiger partial charge in [0.05, 0.1) is 18.1 Å². The van der Waals surface area contributed by atoms with Crippen molar-refractivity contribution in [2.75, 3.05) is 5.32 Å². The number of aromatic nitrogens is 2. The fraction of sp³-hybridized carbons (Fsp3) is 0.150. The quantitative estimate of drug-likeness (QED) is 0.708. The Morgan fingerprint density at radius 3 is 2.46 bits per heavy atom. The van der Waals surface area contributed by atoms with Gasteiger partial charge in [-0.15, -0.1) is 0 Å². The third kappa shape index (κ3) is 3.97. The number of carbonyl (C=O) groups excluding carboxylic acids is 1. The summed E-state index contributed by atoms with van der Waals surface area (Å²) in [5.74, 6) is 1.78. The molecule has 0 radical (unpaired) electrons. The molecule has 0 saturated heterocycles. The van der Waals surface area contributed by atoms with Crippen molar-refractivity contribution >= 4 is 17.4 Å². The first-order chi connectivity index (χ1) is 12.8. The van der Waals surface area contributed by atoms with Gasteiger partial charge >= 0.3 is 0 Å². The van der Waals surface area contributed by atoms with Crippen molar-refractivity contribution in [2.45, 2.75) is 18.9 Å². The van der Waals surface area contributed by atoms with Gasteiger partial charge in [-0.05, 0) is 37.1 Å². The zero-order chi connectivity index (χ0) is 17.8. The van der Waals surface area contributed by atoms with E-state index in [0.717, 1.165) is 24.3 Å². The molecule has 3 aromatic rings. The largest absolute Gasteiger partial charge is 0.455 e. The van der Waals surface area contributed by atoms with Gasteiger partial charge in [-0.2, -0.15) is 0 Å². The zero-order valence-corrected chi connectivity index (χ0v) is 14.1. The van der Waals surface area contributed by atoms with Crippen LogP contribution >= 0.6 is 0 Å². The second kappa shape index (κ2) is 7.23. The number of para-hydroxylation sites is 3. The third-order valence-corrected chi connectivity index (χ3v) is 3.92. The van der Waals surface area contributed by atoms with Crippen molar-refractivity contribution < 1.29 is 9.53 Å². The molecule has 0 spiro atoms. The van der Waals surface area contributed by atoms with Crippen molar-refractivity contribution in [3.05, 3.63) is 72.7 Å². The number of nitrogens with zero attached hydrogens (tertiary/aromatic N) is 2. The first kappa shape index (κ1) is 16.1. The average molecular weight is 346 g/mol. The van der Waals surface area contributed by atoms with Crippen LogP contribution < -0.4 is 15.4 Å². The van der Waals surface area contributed by atoms with E-state index in [4.69, 9.17) is 4.74 Å². The lowest BCUT2D eigenvalue weighted by molar-refractivity contribution is 0.0945. The highest BCUT2D eigenvalue weighted by atomic mass is 16.5. The molecule has 0 unspecified atom stereocenters. The molecule has 1 aromatic heterocycles. The van der Waals surface area contributed by atoms with Crippen LogP contribution in [0.5, 0.6) is 11.5 Å². The Labute approximate surface area is 151 Å². The van der Waals surface area contributed by atoms with Gasteiger partial charge in [0.25, 0.3) is 5.91 Å². The molecule has 1 saturated carbocycles. The standard InChI is InChI=1S/C20H18N4O2/c25-20(23-14-10-11-14)17-12-22-19(13-21-17)24-16-8-4-5-9-18(16)26-15-6-2-1-3-7-15/h1-9,12-14H,10-11H2,(H,22,24)(H,23,25). The molecule has 1 fully saturated rings. The maximum absolute atomic E-state index is 12.0. The number of amides is 1. The van der Waals surface area contributed by atoms with E-state index >= 15 is 0 Å². The lowest BCUT2D eigenvalue weighted by Crippen LogP contribution is -2.26. The van der Waals surface area contributed by atoms with Crippen LogP contribution in [-0.2, 0) is 0 Å². The van der Waals surface area contributed by atoms with E-state index in [1.54, 1.807) is 6.20 Å². The zero-order valence-electron chi connectivity index (χ0n) is 14.1. The van der Waals surface area contributed by atoms with Crippen molar-refractivity contribution in [2.24, 2.45) is 0 Å². The summed E-state index contributed by atoms with van der Waals surface area (Å²) in [6.07, 6.45) is 5.09. The lowest BCUT2D eigenvalue weighted by Gasteiger charge is -2.12. The van der Waals surface area contributed by atoms with Crippen molar-refractivity contribution in [3.63, 3.8) is 0 Å². The topological polar surface area (TPSA) is 76.1 Å². The molecular weight excluding hydrogens is 328 g/mol. The Balaban J connectivity index is 1.47. The van der Waals surface area contributed by atoms with Crippen LogP contribution in [0.4, 0.5) is 11.5 Å². The Kier molecular flexibility index (Phi) is 4.47. The van der Waals surface area contributed by atoms with Crippen molar-refractivity contribution in [1.82, 2.24) is 15.3 Å². The summed E-state index contributed by atoms with van der Waals surface area (Å²) < 4.78 is 5.92. The van der Waals surface area contributed by atoms with Crippen LogP contribution in [0.1, 0.15) is 23.3 Å². The summed E-state index contributed by atoms with van der Waals surface area (Å²) in [6.45, 7) is 0. The van der Waals surface area contributed by atoms with Crippen molar-refractivity contribution in [3.8, 4) is 11.5 Å². The summed E-state index contributed by atoms with van der Waals surface area (Å²) in [4.78, 5) is 20.4. The Morgan fingerprint density at radius 2 is 1.73 bits per heavy atom. The summed E-state index contributed by atoms with van der Waals surface area (Å²) in [5, 5.41) is 6.08. The molecule has 0 aliphatic heterocycles. The number of benzene rings is 2. The molecule has 130 valence electrons. The minimum atomic E-state index is -0.181. The van der Waals surface area contributed by atoms with E-state index in [-0.39, 0.29) is 5.91 Å². The number of carbonyl (C=O) groups is 1. The number of rotatable bonds is 6. The monoisotopic (exact) mass is 346 g/mol. The van der Waals surface area contributed by atoms with Crippen LogP contribution in [0, 0.1) is 0 Å². The lowest BCUT2D eigenvalue weighted by atomic mass is 10.3. The van der Waals surface area contributed by atoms with E-state index in [1.807, 2.05) is 54.6 Å². The van der Waals surface area contributed by atoms with Crippen LogP contribution in [0.25, 0.3) is 0 Å². The fourth-order valence-corrected chi connectivity index (χ4v) is 2.41. The van der Waals surface area contributed by atoms with Crippen LogP contribution in [0.2, 0.25) is 0 Å². The molecule has 0 atom stereocenters. The number of ether oxygens (including phenoxy) is 1. The third-order valence-electron chi connectivity index (χ3n) is 3.92. The van der Waals surface area contributed by atoms with E-state index in [9.17, 15) is 4.79 Å².